The highest BCUT2D eigenvalue weighted by Crippen LogP contribution is 2.04. The Hall–Kier alpha value is -0.210. The molecule has 0 spiro atoms. The normalized spacial score (nSPS) is 19.5. The van der Waals surface area contributed by atoms with Gasteiger partial charge in [-0.15, -0.1) is 0 Å². The summed E-state index contributed by atoms with van der Waals surface area (Å²) in [5, 5.41) is 2.90. The van der Waals surface area contributed by atoms with Crippen LogP contribution in [-0.4, -0.2) is 71.6 Å². The monoisotopic (exact) mass is 293 g/mol. The molecule has 0 aromatic carbocycles. The Labute approximate surface area is 116 Å². The molecule has 0 radical (unpaired) electrons. The molecule has 0 saturated carbocycles. The molecule has 6 nitrogen and oxygen atoms in total. The quantitative estimate of drug-likeness (QED) is 0.568. The van der Waals surface area contributed by atoms with Crippen LogP contribution < -0.4 is 10.0 Å². The maximum Gasteiger partial charge on any atom is 0.214 e. The van der Waals surface area contributed by atoms with Gasteiger partial charge >= 0.3 is 0 Å². The summed E-state index contributed by atoms with van der Waals surface area (Å²) in [5.74, 6) is 0. The largest absolute Gasteiger partial charge is 0.385 e. The van der Waals surface area contributed by atoms with Crippen molar-refractivity contribution in [1.82, 2.24) is 14.9 Å². The number of hydrogen-bond donors (Lipinski definition) is 2. The molecule has 1 fully saturated rings. The van der Waals surface area contributed by atoms with Crippen molar-refractivity contribution in [2.45, 2.75) is 25.0 Å². The minimum Gasteiger partial charge on any atom is -0.385 e. The number of nitrogens with one attached hydrogen (secondary N) is 2. The highest BCUT2D eigenvalue weighted by molar-refractivity contribution is 7.90. The van der Waals surface area contributed by atoms with Gasteiger partial charge in [-0.25, -0.2) is 13.1 Å². The highest BCUT2D eigenvalue weighted by atomic mass is 32.2. The SMILES string of the molecule is COCC[C@@H](C)S(=O)(=O)NCCCN1CCNCC1. The van der Waals surface area contributed by atoms with Crippen molar-refractivity contribution in [2.75, 3.05) is 53.0 Å². The van der Waals surface area contributed by atoms with Crippen LogP contribution in [0, 0.1) is 0 Å². The zero-order valence-electron chi connectivity index (χ0n) is 12.0. The molecule has 1 aliphatic heterocycles. The van der Waals surface area contributed by atoms with E-state index in [1.54, 1.807) is 14.0 Å². The Morgan fingerprint density at radius 2 is 2.05 bits per heavy atom. The summed E-state index contributed by atoms with van der Waals surface area (Å²) in [5.41, 5.74) is 0. The van der Waals surface area contributed by atoms with Crippen LogP contribution in [0.1, 0.15) is 19.8 Å². The predicted molar refractivity (Wildman–Crippen MR) is 76.8 cm³/mol. The topological polar surface area (TPSA) is 70.7 Å². The molecule has 1 saturated heterocycles. The van der Waals surface area contributed by atoms with E-state index in [-0.39, 0.29) is 0 Å². The van der Waals surface area contributed by atoms with Crippen molar-refractivity contribution in [3.8, 4) is 0 Å². The average molecular weight is 293 g/mol. The lowest BCUT2D eigenvalue weighted by Crippen LogP contribution is -2.44. The fraction of sp³-hybridized carbons (Fsp3) is 1.00. The first-order chi connectivity index (χ1) is 9.06. The van der Waals surface area contributed by atoms with Crippen molar-refractivity contribution in [3.63, 3.8) is 0 Å². The Morgan fingerprint density at radius 1 is 1.37 bits per heavy atom. The van der Waals surface area contributed by atoms with Gasteiger partial charge in [-0.1, -0.05) is 0 Å². The van der Waals surface area contributed by atoms with Crippen LogP contribution in [0.15, 0.2) is 0 Å². The molecule has 0 bridgehead atoms. The van der Waals surface area contributed by atoms with Crippen molar-refractivity contribution >= 4 is 10.0 Å². The van der Waals surface area contributed by atoms with Crippen LogP contribution >= 0.6 is 0 Å². The van der Waals surface area contributed by atoms with Crippen molar-refractivity contribution in [1.29, 1.82) is 0 Å². The maximum atomic E-state index is 11.9. The van der Waals surface area contributed by atoms with E-state index < -0.39 is 15.3 Å². The molecule has 19 heavy (non-hydrogen) atoms. The standard InChI is InChI=1S/C12H27N3O3S/c1-12(4-11-18-2)19(16,17)14-5-3-8-15-9-6-13-7-10-15/h12-14H,3-11H2,1-2H3/t12-/m1/s1. The third kappa shape index (κ3) is 6.67. The fourth-order valence-corrected chi connectivity index (χ4v) is 3.15. The van der Waals surface area contributed by atoms with E-state index in [2.05, 4.69) is 14.9 Å². The van der Waals surface area contributed by atoms with E-state index in [0.29, 0.717) is 19.6 Å². The summed E-state index contributed by atoms with van der Waals surface area (Å²) in [7, 11) is -1.61. The van der Waals surface area contributed by atoms with Gasteiger partial charge in [0.25, 0.3) is 0 Å². The molecule has 1 aliphatic rings. The first-order valence-electron chi connectivity index (χ1n) is 6.97. The van der Waals surface area contributed by atoms with Crippen LogP contribution in [0.3, 0.4) is 0 Å². The second-order valence-electron chi connectivity index (χ2n) is 4.98. The van der Waals surface area contributed by atoms with Gasteiger partial charge in [0.05, 0.1) is 5.25 Å². The highest BCUT2D eigenvalue weighted by Gasteiger charge is 2.19. The van der Waals surface area contributed by atoms with Crippen molar-refractivity contribution in [2.24, 2.45) is 0 Å². The number of nitrogens with zero attached hydrogens (tertiary/aromatic N) is 1. The van der Waals surface area contributed by atoms with Crippen LogP contribution in [0.4, 0.5) is 0 Å². The van der Waals surface area contributed by atoms with Crippen LogP contribution in [-0.2, 0) is 14.8 Å². The van der Waals surface area contributed by atoms with E-state index in [0.717, 1.165) is 39.1 Å². The summed E-state index contributed by atoms with van der Waals surface area (Å²) in [4.78, 5) is 2.36. The predicted octanol–water partition coefficient (Wildman–Crippen LogP) is -0.374. The molecule has 1 heterocycles. The van der Waals surface area contributed by atoms with Crippen LogP contribution in [0.25, 0.3) is 0 Å². The van der Waals surface area contributed by atoms with E-state index in [1.807, 2.05) is 0 Å². The molecule has 114 valence electrons. The molecule has 0 aromatic heterocycles. The lowest BCUT2D eigenvalue weighted by atomic mass is 10.3. The Balaban J connectivity index is 2.16. The van der Waals surface area contributed by atoms with Crippen molar-refractivity contribution < 1.29 is 13.2 Å². The molecule has 7 heteroatoms. The summed E-state index contributed by atoms with van der Waals surface area (Å²) >= 11 is 0. The van der Waals surface area contributed by atoms with E-state index in [4.69, 9.17) is 4.74 Å². The smallest absolute Gasteiger partial charge is 0.214 e. The molecule has 0 aliphatic carbocycles. The molecule has 1 rings (SSSR count). The summed E-state index contributed by atoms with van der Waals surface area (Å²) in [6.07, 6.45) is 1.39. The van der Waals surface area contributed by atoms with E-state index in [9.17, 15) is 8.42 Å². The van der Waals surface area contributed by atoms with Gasteiger partial charge in [-0.05, 0) is 26.3 Å². The van der Waals surface area contributed by atoms with Gasteiger partial charge in [-0.2, -0.15) is 0 Å². The van der Waals surface area contributed by atoms with Gasteiger partial charge in [-0.3, -0.25) is 0 Å². The second-order valence-corrected chi connectivity index (χ2v) is 7.16. The third-order valence-electron chi connectivity index (χ3n) is 3.42. The summed E-state index contributed by atoms with van der Waals surface area (Å²) in [6, 6.07) is 0. The van der Waals surface area contributed by atoms with E-state index >= 15 is 0 Å². The number of hydrogen-bond acceptors (Lipinski definition) is 5. The van der Waals surface area contributed by atoms with Gasteiger partial charge in [0.1, 0.15) is 0 Å². The van der Waals surface area contributed by atoms with E-state index in [1.165, 1.54) is 0 Å². The number of methoxy groups -OCH3 is 1. The average Bonchev–Trinajstić information content (AvgIpc) is 2.42. The zero-order valence-corrected chi connectivity index (χ0v) is 12.8. The second kappa shape index (κ2) is 8.86. The lowest BCUT2D eigenvalue weighted by Gasteiger charge is -2.27. The number of piperazine rings is 1. The first kappa shape index (κ1) is 16.8. The maximum absolute atomic E-state index is 11.9. The first-order valence-corrected chi connectivity index (χ1v) is 8.51. The summed E-state index contributed by atoms with van der Waals surface area (Å²) < 4.78 is 31.4. The Bertz CT molecular complexity index is 329. The lowest BCUT2D eigenvalue weighted by molar-refractivity contribution is 0.194. The molecule has 1 atom stereocenters. The molecule has 0 aromatic rings. The van der Waals surface area contributed by atoms with Crippen molar-refractivity contribution in [3.05, 3.63) is 0 Å². The molecular weight excluding hydrogens is 266 g/mol. The molecule has 0 unspecified atom stereocenters. The fourth-order valence-electron chi connectivity index (χ4n) is 2.03. The number of rotatable bonds is 9. The minimum absolute atomic E-state index is 0.397. The minimum atomic E-state index is -3.20. The zero-order chi connectivity index (χ0) is 14.1. The summed E-state index contributed by atoms with van der Waals surface area (Å²) in [6.45, 7) is 7.83. The van der Waals surface area contributed by atoms with Gasteiger partial charge in [0.15, 0.2) is 0 Å². The Morgan fingerprint density at radius 3 is 2.68 bits per heavy atom. The Kier molecular flexibility index (Phi) is 7.86. The van der Waals surface area contributed by atoms with Gasteiger partial charge in [0, 0.05) is 46.4 Å². The van der Waals surface area contributed by atoms with Crippen LogP contribution in [0.2, 0.25) is 0 Å². The van der Waals surface area contributed by atoms with Gasteiger partial charge < -0.3 is 15.0 Å². The van der Waals surface area contributed by atoms with Crippen LogP contribution in [0.5, 0.6) is 0 Å². The number of ether oxygens (including phenoxy) is 1. The number of sulfonamides is 1. The molecular formula is C12H27N3O3S. The molecule has 2 N–H and O–H groups in total. The molecule has 0 amide bonds. The third-order valence-corrected chi connectivity index (χ3v) is 5.32. The van der Waals surface area contributed by atoms with Gasteiger partial charge in [0.2, 0.25) is 10.0 Å².